The number of fused-ring (bicyclic) bond motifs is 26. The van der Waals surface area contributed by atoms with Crippen molar-refractivity contribution in [2.75, 3.05) is 0 Å². The lowest BCUT2D eigenvalue weighted by molar-refractivity contribution is 1.19. The van der Waals surface area contributed by atoms with E-state index in [2.05, 4.69) is 283 Å². The minimum Gasteiger partial charge on any atom is -0.254 e. The van der Waals surface area contributed by atoms with Crippen LogP contribution in [0.4, 0.5) is 0 Å². The molecular weight excluding hydrogens is 1640 g/mol. The van der Waals surface area contributed by atoms with Crippen LogP contribution in [0, 0.1) is 0 Å². The molecule has 15 aromatic carbocycles. The lowest BCUT2D eigenvalue weighted by Gasteiger charge is -2.18. The molecule has 0 spiro atoms. The maximum atomic E-state index is 5.26. The van der Waals surface area contributed by atoms with Crippen LogP contribution in [0.1, 0.15) is 0 Å². The van der Waals surface area contributed by atoms with Crippen molar-refractivity contribution in [2.45, 2.75) is 0 Å². The number of aromatic nitrogens is 15. The van der Waals surface area contributed by atoms with Crippen molar-refractivity contribution >= 4 is 218 Å². The lowest BCUT2D eigenvalue weighted by atomic mass is 9.87. The van der Waals surface area contributed by atoms with Gasteiger partial charge in [-0.2, -0.15) is 0 Å². The van der Waals surface area contributed by atoms with E-state index in [0.717, 1.165) is 246 Å². The summed E-state index contributed by atoms with van der Waals surface area (Å²) in [6.07, 6.45) is 14.8. The van der Waals surface area contributed by atoms with Gasteiger partial charge >= 0.3 is 0 Å². The molecular formula is C119H67N15. The van der Waals surface area contributed by atoms with Gasteiger partial charge in [0.05, 0.1) is 111 Å². The second kappa shape index (κ2) is 30.6. The van der Waals surface area contributed by atoms with E-state index in [4.69, 9.17) is 64.8 Å². The smallest absolute Gasteiger partial charge is 0.160 e. The average Bonchev–Trinajstić information content (AvgIpc) is 0.717. The molecule has 15 nitrogen and oxygen atoms in total. The van der Waals surface area contributed by atoms with E-state index in [9.17, 15) is 0 Å². The van der Waals surface area contributed by atoms with E-state index in [1.54, 1.807) is 0 Å². The normalized spacial score (nSPS) is 11.9. The SMILES string of the molecule is c1cnc2c(c1)ccc1c(-c3ccc(-c4c5ccccc5nc5c4ccc4cccnc45)c4ccccc34)c3ccccc3nc12.c1cnc2c(c1)ccc1c(-c3ccc4nc(-c5c6ccccc6nc6c5ccc5cccnc56)ccc4c3)c3ccccc3nc12.c1cnc2c(c1)ccc1c(-c3cnc(-c4c5ccccc5nc5c4ccc4cccnc45)nc3)c3ccccc3nc12. The first-order valence-electron chi connectivity index (χ1n) is 44.6. The molecule has 0 aliphatic heterocycles. The second-order valence-electron chi connectivity index (χ2n) is 33.9. The first-order valence-corrected chi connectivity index (χ1v) is 44.6. The summed E-state index contributed by atoms with van der Waals surface area (Å²) < 4.78 is 0. The molecule has 0 amide bonds. The summed E-state index contributed by atoms with van der Waals surface area (Å²) in [5.74, 6) is 0.646. The Morgan fingerprint density at radius 2 is 0.410 bits per heavy atom. The third-order valence-electron chi connectivity index (χ3n) is 26.4. The van der Waals surface area contributed by atoms with Crippen LogP contribution in [-0.4, -0.2) is 74.8 Å². The Labute approximate surface area is 762 Å². The van der Waals surface area contributed by atoms with E-state index in [1.165, 1.54) is 33.0 Å². The fourth-order valence-electron chi connectivity index (χ4n) is 20.4. The Morgan fingerprint density at radius 3 is 0.754 bits per heavy atom. The zero-order valence-electron chi connectivity index (χ0n) is 71.4. The minimum absolute atomic E-state index is 0.646. The first-order chi connectivity index (χ1) is 66.5. The number of hydrogen-bond donors (Lipinski definition) is 0. The van der Waals surface area contributed by atoms with Gasteiger partial charge in [0.25, 0.3) is 0 Å². The number of rotatable bonds is 6. The molecule has 15 heteroatoms. The zero-order chi connectivity index (χ0) is 88.0. The van der Waals surface area contributed by atoms with Crippen LogP contribution < -0.4 is 0 Å². The number of pyridine rings is 13. The van der Waals surface area contributed by atoms with Gasteiger partial charge in [-0.15, -0.1) is 0 Å². The molecule has 29 rings (SSSR count). The average molecular weight is 1710 g/mol. The monoisotopic (exact) mass is 1710 g/mol. The number of para-hydroxylation sites is 6. The molecule has 0 N–H and O–H groups in total. The molecule has 0 saturated carbocycles. The molecule has 0 aliphatic carbocycles. The van der Waals surface area contributed by atoms with E-state index >= 15 is 0 Å². The highest BCUT2D eigenvalue weighted by atomic mass is 14.9. The number of hydrogen-bond acceptors (Lipinski definition) is 15. The van der Waals surface area contributed by atoms with Gasteiger partial charge in [0.2, 0.25) is 0 Å². The van der Waals surface area contributed by atoms with Gasteiger partial charge < -0.3 is 0 Å². The summed E-state index contributed by atoms with van der Waals surface area (Å²) >= 11 is 0. The molecule has 0 aliphatic rings. The number of benzene rings is 15. The molecule has 14 aromatic heterocycles. The quantitative estimate of drug-likeness (QED) is 0.113. The Kier molecular flexibility index (Phi) is 17.3. The van der Waals surface area contributed by atoms with E-state index < -0.39 is 0 Å². The lowest BCUT2D eigenvalue weighted by Crippen LogP contribution is -1.96. The summed E-state index contributed by atoms with van der Waals surface area (Å²) in [6, 6.07) is 124. The van der Waals surface area contributed by atoms with Crippen LogP contribution in [0.3, 0.4) is 0 Å². The van der Waals surface area contributed by atoms with Gasteiger partial charge in [0.15, 0.2) is 5.82 Å². The number of nitrogens with zero attached hydrogens (tertiary/aromatic N) is 15. The van der Waals surface area contributed by atoms with Crippen LogP contribution in [0.2, 0.25) is 0 Å². The summed E-state index contributed by atoms with van der Waals surface area (Å²) in [4.78, 5) is 74.1. The Balaban J connectivity index is 0.000000102. The molecule has 618 valence electrons. The van der Waals surface area contributed by atoms with Crippen molar-refractivity contribution < 1.29 is 0 Å². The largest absolute Gasteiger partial charge is 0.254 e. The van der Waals surface area contributed by atoms with Gasteiger partial charge in [0.1, 0.15) is 0 Å². The van der Waals surface area contributed by atoms with Gasteiger partial charge in [-0.05, 0) is 118 Å². The fraction of sp³-hybridized carbons (Fsp3) is 0. The van der Waals surface area contributed by atoms with E-state index in [0.29, 0.717) is 5.82 Å². The van der Waals surface area contributed by atoms with E-state index in [1.807, 2.05) is 135 Å². The van der Waals surface area contributed by atoms with Gasteiger partial charge in [-0.25, -0.2) is 44.9 Å². The van der Waals surface area contributed by atoms with E-state index in [-0.39, 0.29) is 0 Å². The Bertz CT molecular complexity index is 9520. The predicted octanol–water partition coefficient (Wildman–Crippen LogP) is 29.1. The highest BCUT2D eigenvalue weighted by Gasteiger charge is 2.26. The second-order valence-corrected chi connectivity index (χ2v) is 33.9. The maximum absolute atomic E-state index is 5.26. The third-order valence-corrected chi connectivity index (χ3v) is 26.4. The Morgan fingerprint density at radius 1 is 0.142 bits per heavy atom. The molecule has 0 unspecified atom stereocenters. The maximum Gasteiger partial charge on any atom is 0.160 e. The van der Waals surface area contributed by atoms with Crippen LogP contribution in [-0.2, 0) is 0 Å². The van der Waals surface area contributed by atoms with Crippen LogP contribution in [0.15, 0.2) is 407 Å². The molecule has 0 bridgehead atoms. The fourth-order valence-corrected chi connectivity index (χ4v) is 20.4. The molecule has 0 saturated heterocycles. The summed E-state index contributed by atoms with van der Waals surface area (Å²) in [7, 11) is 0. The van der Waals surface area contributed by atoms with Crippen LogP contribution >= 0.6 is 0 Å². The molecule has 0 atom stereocenters. The van der Waals surface area contributed by atoms with Crippen LogP contribution in [0.25, 0.3) is 285 Å². The molecule has 14 heterocycles. The summed E-state index contributed by atoms with van der Waals surface area (Å²) in [6.45, 7) is 0. The van der Waals surface area contributed by atoms with Crippen LogP contribution in [0.5, 0.6) is 0 Å². The van der Waals surface area contributed by atoms with Crippen molar-refractivity contribution in [3.63, 3.8) is 0 Å². The van der Waals surface area contributed by atoms with Crippen molar-refractivity contribution in [2.24, 2.45) is 0 Å². The summed E-state index contributed by atoms with van der Waals surface area (Å²) in [5, 5.41) is 22.7. The first kappa shape index (κ1) is 75.7. The third kappa shape index (κ3) is 12.2. The van der Waals surface area contributed by atoms with Crippen molar-refractivity contribution in [3.8, 4) is 67.2 Å². The standard InChI is InChI=1S/C42H24N4.C41H23N5.C36H20N6/c1-2-12-28-27(11-1)29(37-31-13-3-5-15-35(31)45-41-33(37)19-17-25-9-7-23-43-39(25)41)21-22-30(28)38-32-14-4-6-16-36(32)46-42-34(38)20-18-26-10-8-24-44-40(26)42;1-3-11-33-28(9-1)36(30-17-13-24-7-5-21-42-38(24)40(30)45-33)27-16-19-32-26(23-27)15-20-35(44-32)37-29-10-2-4-12-34(29)46-41-31(37)18-14-25-8-6-22-43-39(25)41;1-3-11-28-24(9-1)30(26-15-13-21-7-5-17-37-32(21)34(26)41-28)23-19-39-36(40-20-23)31-25-10-2-4-12-29(25)42-35-27(31)16-14-22-8-6-18-38-33(22)35/h1-24H;1-23H;1-20H. The predicted molar refractivity (Wildman–Crippen MR) is 549 cm³/mol. The molecule has 29 aromatic rings. The van der Waals surface area contributed by atoms with Crippen molar-refractivity contribution in [1.82, 2.24) is 74.8 Å². The topological polar surface area (TPSA) is 193 Å². The van der Waals surface area contributed by atoms with Gasteiger partial charge in [0, 0.05) is 191 Å². The molecule has 134 heavy (non-hydrogen) atoms. The van der Waals surface area contributed by atoms with Crippen molar-refractivity contribution in [1.29, 1.82) is 0 Å². The Hall–Kier alpha value is -18.5. The zero-order valence-corrected chi connectivity index (χ0v) is 71.4. The highest BCUT2D eigenvalue weighted by molar-refractivity contribution is 6.26. The van der Waals surface area contributed by atoms with Gasteiger partial charge in [-0.3, -0.25) is 29.9 Å². The van der Waals surface area contributed by atoms with Crippen molar-refractivity contribution in [3.05, 3.63) is 407 Å². The minimum atomic E-state index is 0.646. The molecule has 0 radical (unpaired) electrons. The summed E-state index contributed by atoms with van der Waals surface area (Å²) in [5.41, 5.74) is 29.2. The highest BCUT2D eigenvalue weighted by Crippen LogP contribution is 2.49. The van der Waals surface area contributed by atoms with Gasteiger partial charge in [-0.1, -0.05) is 267 Å². The molecule has 0 fully saturated rings.